The van der Waals surface area contributed by atoms with E-state index < -0.39 is 0 Å². The van der Waals surface area contributed by atoms with Gasteiger partial charge in [0.05, 0.1) is 11.6 Å². The van der Waals surface area contributed by atoms with Crippen molar-refractivity contribution in [2.24, 2.45) is 0 Å². The van der Waals surface area contributed by atoms with E-state index in [9.17, 15) is 10.2 Å². The number of nitriles is 1. The van der Waals surface area contributed by atoms with Gasteiger partial charge in [-0.05, 0) is 40.2 Å². The van der Waals surface area contributed by atoms with Gasteiger partial charge in [-0.1, -0.05) is 12.1 Å². The topological polar surface area (TPSA) is 76.3 Å². The average molecular weight is 319 g/mol. The van der Waals surface area contributed by atoms with Crippen molar-refractivity contribution < 1.29 is 10.2 Å². The normalized spacial score (nSPS) is 9.89. The van der Waals surface area contributed by atoms with Crippen molar-refractivity contribution in [2.45, 2.75) is 6.54 Å². The van der Waals surface area contributed by atoms with Gasteiger partial charge in [0, 0.05) is 22.3 Å². The van der Waals surface area contributed by atoms with Gasteiger partial charge in [-0.2, -0.15) is 5.26 Å². The van der Waals surface area contributed by atoms with Crippen molar-refractivity contribution in [2.75, 3.05) is 5.32 Å². The van der Waals surface area contributed by atoms with Crippen LogP contribution < -0.4 is 5.32 Å². The fourth-order valence-electron chi connectivity index (χ4n) is 1.64. The number of benzene rings is 2. The van der Waals surface area contributed by atoms with Gasteiger partial charge < -0.3 is 15.5 Å². The summed E-state index contributed by atoms with van der Waals surface area (Å²) in [5, 5.41) is 31.0. The highest BCUT2D eigenvalue weighted by atomic mass is 79.9. The van der Waals surface area contributed by atoms with Crippen molar-refractivity contribution in [1.82, 2.24) is 0 Å². The Hall–Kier alpha value is -2.19. The number of nitrogens with one attached hydrogen (secondary N) is 1. The van der Waals surface area contributed by atoms with E-state index in [-0.39, 0.29) is 11.5 Å². The first kappa shape index (κ1) is 13.2. The number of rotatable bonds is 3. The second-order valence-electron chi connectivity index (χ2n) is 3.94. The maximum Gasteiger partial charge on any atom is 0.162 e. The first-order chi connectivity index (χ1) is 9.11. The second-order valence-corrected chi connectivity index (χ2v) is 4.80. The molecule has 0 aliphatic carbocycles. The monoisotopic (exact) mass is 318 g/mol. The molecule has 2 aromatic rings. The maximum absolute atomic E-state index is 9.68. The van der Waals surface area contributed by atoms with Crippen LogP contribution >= 0.6 is 15.9 Å². The van der Waals surface area contributed by atoms with Crippen molar-refractivity contribution in [3.05, 3.63) is 52.0 Å². The molecule has 2 aromatic carbocycles. The van der Waals surface area contributed by atoms with Crippen molar-refractivity contribution >= 4 is 21.6 Å². The van der Waals surface area contributed by atoms with Crippen LogP contribution in [-0.2, 0) is 6.54 Å². The number of nitrogens with zero attached hydrogens (tertiary/aromatic N) is 1. The third-order valence-corrected chi connectivity index (χ3v) is 3.32. The number of hydrogen-bond acceptors (Lipinski definition) is 4. The predicted octanol–water partition coefficient (Wildman–Crippen LogP) is 3.34. The number of aromatic hydroxyl groups is 2. The SMILES string of the molecule is N#Cc1ccc(NCc2cccc(O)c2O)c(Br)c1. The van der Waals surface area contributed by atoms with Crippen LogP contribution in [0.1, 0.15) is 11.1 Å². The lowest BCUT2D eigenvalue weighted by Gasteiger charge is -2.10. The molecule has 0 aliphatic heterocycles. The number of hydrogen-bond donors (Lipinski definition) is 3. The van der Waals surface area contributed by atoms with E-state index in [1.807, 2.05) is 0 Å². The third-order valence-electron chi connectivity index (χ3n) is 2.67. The first-order valence-corrected chi connectivity index (χ1v) is 6.34. The summed E-state index contributed by atoms with van der Waals surface area (Å²) < 4.78 is 0.770. The number of halogens is 1. The molecule has 0 heterocycles. The summed E-state index contributed by atoms with van der Waals surface area (Å²) in [5.74, 6) is -0.266. The van der Waals surface area contributed by atoms with Crippen LogP contribution in [-0.4, -0.2) is 10.2 Å². The second kappa shape index (κ2) is 5.63. The van der Waals surface area contributed by atoms with Gasteiger partial charge in [-0.25, -0.2) is 0 Å². The molecule has 0 saturated carbocycles. The quantitative estimate of drug-likeness (QED) is 0.758. The lowest BCUT2D eigenvalue weighted by Crippen LogP contribution is -2.00. The zero-order valence-electron chi connectivity index (χ0n) is 9.89. The van der Waals surface area contributed by atoms with Crippen molar-refractivity contribution in [1.29, 1.82) is 5.26 Å². The highest BCUT2D eigenvalue weighted by Gasteiger charge is 2.06. The minimum absolute atomic E-state index is 0.125. The molecule has 0 spiro atoms. The molecular weight excluding hydrogens is 308 g/mol. The molecule has 0 aliphatic rings. The summed E-state index contributed by atoms with van der Waals surface area (Å²) in [5.41, 5.74) is 1.97. The van der Waals surface area contributed by atoms with E-state index in [1.54, 1.807) is 30.3 Å². The van der Waals surface area contributed by atoms with Crippen LogP contribution in [0.3, 0.4) is 0 Å². The molecule has 2 rings (SSSR count). The van der Waals surface area contributed by atoms with Gasteiger partial charge in [0.2, 0.25) is 0 Å². The molecule has 4 nitrogen and oxygen atoms in total. The van der Waals surface area contributed by atoms with E-state index >= 15 is 0 Å². The van der Waals surface area contributed by atoms with Crippen LogP contribution in [0.2, 0.25) is 0 Å². The molecule has 0 atom stereocenters. The van der Waals surface area contributed by atoms with Gasteiger partial charge in [0.25, 0.3) is 0 Å². The van der Waals surface area contributed by atoms with Crippen LogP contribution in [0.25, 0.3) is 0 Å². The van der Waals surface area contributed by atoms with E-state index in [2.05, 4.69) is 27.3 Å². The predicted molar refractivity (Wildman–Crippen MR) is 76.0 cm³/mol. The van der Waals surface area contributed by atoms with Crippen LogP contribution in [0.15, 0.2) is 40.9 Å². The van der Waals surface area contributed by atoms with Crippen molar-refractivity contribution in [3.8, 4) is 17.6 Å². The zero-order valence-corrected chi connectivity index (χ0v) is 11.5. The number of para-hydroxylation sites is 1. The smallest absolute Gasteiger partial charge is 0.162 e. The highest BCUT2D eigenvalue weighted by Crippen LogP contribution is 2.30. The molecule has 19 heavy (non-hydrogen) atoms. The fourth-order valence-corrected chi connectivity index (χ4v) is 2.16. The van der Waals surface area contributed by atoms with Crippen LogP contribution in [0.4, 0.5) is 5.69 Å². The number of phenols is 2. The molecule has 0 fully saturated rings. The Bertz CT molecular complexity index is 650. The molecule has 5 heteroatoms. The third kappa shape index (κ3) is 2.98. The Morgan fingerprint density at radius 1 is 1.21 bits per heavy atom. The van der Waals surface area contributed by atoms with E-state index in [1.165, 1.54) is 6.07 Å². The molecular formula is C14H11BrN2O2. The molecule has 0 saturated heterocycles. The Morgan fingerprint density at radius 2 is 2.00 bits per heavy atom. The molecule has 96 valence electrons. The van der Waals surface area contributed by atoms with Gasteiger partial charge in [0.15, 0.2) is 11.5 Å². The largest absolute Gasteiger partial charge is 0.504 e. The first-order valence-electron chi connectivity index (χ1n) is 5.55. The molecule has 0 bridgehead atoms. The minimum atomic E-state index is -0.141. The Kier molecular flexibility index (Phi) is 3.93. The number of anilines is 1. The Labute approximate surface area is 119 Å². The summed E-state index contributed by atoms with van der Waals surface area (Å²) in [6.07, 6.45) is 0. The van der Waals surface area contributed by atoms with Crippen molar-refractivity contribution in [3.63, 3.8) is 0 Å². The molecule has 3 N–H and O–H groups in total. The lowest BCUT2D eigenvalue weighted by molar-refractivity contribution is 0.400. The lowest BCUT2D eigenvalue weighted by atomic mass is 10.1. The van der Waals surface area contributed by atoms with Gasteiger partial charge in [-0.3, -0.25) is 0 Å². The molecule has 0 unspecified atom stereocenters. The van der Waals surface area contributed by atoms with Gasteiger partial charge in [0.1, 0.15) is 0 Å². The summed E-state index contributed by atoms with van der Waals surface area (Å²) in [6, 6.07) is 12.1. The van der Waals surface area contributed by atoms with Gasteiger partial charge in [-0.15, -0.1) is 0 Å². The van der Waals surface area contributed by atoms with E-state index in [0.717, 1.165) is 10.2 Å². The highest BCUT2D eigenvalue weighted by molar-refractivity contribution is 9.10. The Morgan fingerprint density at radius 3 is 2.68 bits per heavy atom. The van der Waals surface area contributed by atoms with E-state index in [4.69, 9.17) is 5.26 Å². The summed E-state index contributed by atoms with van der Waals surface area (Å²) in [6.45, 7) is 0.366. The maximum atomic E-state index is 9.68. The summed E-state index contributed by atoms with van der Waals surface area (Å²) in [4.78, 5) is 0. The fraction of sp³-hybridized carbons (Fsp3) is 0.0714. The summed E-state index contributed by atoms with van der Waals surface area (Å²) >= 11 is 3.37. The molecule has 0 amide bonds. The van der Waals surface area contributed by atoms with Crippen LogP contribution in [0.5, 0.6) is 11.5 Å². The average Bonchev–Trinajstić information content (AvgIpc) is 2.41. The summed E-state index contributed by atoms with van der Waals surface area (Å²) in [7, 11) is 0. The number of phenolic OH excluding ortho intramolecular Hbond substituents is 2. The Balaban J connectivity index is 2.15. The van der Waals surface area contributed by atoms with Crippen LogP contribution in [0, 0.1) is 11.3 Å². The zero-order chi connectivity index (χ0) is 13.8. The van der Waals surface area contributed by atoms with E-state index in [0.29, 0.717) is 17.7 Å². The minimum Gasteiger partial charge on any atom is -0.504 e. The standard InChI is InChI=1S/C14H11BrN2O2/c15-11-6-9(7-16)4-5-12(11)17-8-10-2-1-3-13(18)14(10)19/h1-6,17-19H,8H2. The van der Waals surface area contributed by atoms with Gasteiger partial charge >= 0.3 is 0 Å². The molecule has 0 aromatic heterocycles. The molecule has 0 radical (unpaired) electrons.